The zero-order valence-corrected chi connectivity index (χ0v) is 7.92. The SMILES string of the molecule is O=C(O)c1ccnc(O[C@@H]2CCOC2)n1. The number of aromatic nitrogens is 2. The summed E-state index contributed by atoms with van der Waals surface area (Å²) in [4.78, 5) is 18.2. The molecule has 0 amide bonds. The van der Waals surface area contributed by atoms with Gasteiger partial charge in [-0.2, -0.15) is 4.98 Å². The third kappa shape index (κ3) is 2.41. The molecular formula is C9H10N2O4. The van der Waals surface area contributed by atoms with Gasteiger partial charge in [-0.05, 0) is 6.07 Å². The second kappa shape index (κ2) is 4.22. The number of ether oxygens (including phenoxy) is 2. The van der Waals surface area contributed by atoms with Gasteiger partial charge in [0.05, 0.1) is 13.2 Å². The van der Waals surface area contributed by atoms with Crippen LogP contribution >= 0.6 is 0 Å². The summed E-state index contributed by atoms with van der Waals surface area (Å²) in [5.41, 5.74) is -0.0704. The van der Waals surface area contributed by atoms with Crippen molar-refractivity contribution in [2.75, 3.05) is 13.2 Å². The van der Waals surface area contributed by atoms with Crippen molar-refractivity contribution in [3.63, 3.8) is 0 Å². The molecule has 1 aliphatic heterocycles. The lowest BCUT2D eigenvalue weighted by atomic mass is 10.3. The quantitative estimate of drug-likeness (QED) is 0.774. The minimum atomic E-state index is -1.09. The van der Waals surface area contributed by atoms with Crippen LogP contribution in [0.1, 0.15) is 16.9 Å². The van der Waals surface area contributed by atoms with Crippen LogP contribution in [0, 0.1) is 0 Å². The lowest BCUT2D eigenvalue weighted by molar-refractivity contribution is 0.0687. The molecule has 1 saturated heterocycles. The number of hydrogen-bond donors (Lipinski definition) is 1. The molecule has 2 rings (SSSR count). The summed E-state index contributed by atoms with van der Waals surface area (Å²) in [6, 6.07) is 1.41. The van der Waals surface area contributed by atoms with E-state index < -0.39 is 5.97 Å². The predicted molar refractivity (Wildman–Crippen MR) is 48.8 cm³/mol. The molecule has 1 fully saturated rings. The summed E-state index contributed by atoms with van der Waals surface area (Å²) in [6.45, 7) is 1.16. The van der Waals surface area contributed by atoms with Crippen molar-refractivity contribution in [1.82, 2.24) is 9.97 Å². The van der Waals surface area contributed by atoms with Gasteiger partial charge in [0.1, 0.15) is 6.10 Å². The fourth-order valence-corrected chi connectivity index (χ4v) is 1.27. The Hall–Kier alpha value is -1.69. The van der Waals surface area contributed by atoms with Gasteiger partial charge in [0.2, 0.25) is 0 Å². The van der Waals surface area contributed by atoms with Crippen molar-refractivity contribution in [2.24, 2.45) is 0 Å². The van der Waals surface area contributed by atoms with Crippen molar-refractivity contribution in [3.8, 4) is 6.01 Å². The number of carboxylic acid groups (broad SMARTS) is 1. The lowest BCUT2D eigenvalue weighted by Crippen LogP contribution is -2.18. The molecule has 1 atom stereocenters. The summed E-state index contributed by atoms with van der Waals surface area (Å²) in [5.74, 6) is -1.09. The predicted octanol–water partition coefficient (Wildman–Crippen LogP) is 0.343. The normalized spacial score (nSPS) is 20.1. The molecule has 0 aromatic carbocycles. The number of rotatable bonds is 3. The highest BCUT2D eigenvalue weighted by molar-refractivity contribution is 5.85. The Morgan fingerprint density at radius 3 is 3.20 bits per heavy atom. The van der Waals surface area contributed by atoms with Crippen molar-refractivity contribution < 1.29 is 19.4 Å². The average Bonchev–Trinajstić information content (AvgIpc) is 2.71. The van der Waals surface area contributed by atoms with Gasteiger partial charge >= 0.3 is 12.0 Å². The lowest BCUT2D eigenvalue weighted by Gasteiger charge is -2.09. The fraction of sp³-hybridized carbons (Fsp3) is 0.444. The van der Waals surface area contributed by atoms with Crippen LogP contribution in [-0.4, -0.2) is 40.4 Å². The van der Waals surface area contributed by atoms with Gasteiger partial charge < -0.3 is 14.6 Å². The molecule has 0 radical (unpaired) electrons. The highest BCUT2D eigenvalue weighted by atomic mass is 16.6. The van der Waals surface area contributed by atoms with E-state index in [0.29, 0.717) is 13.2 Å². The number of carboxylic acids is 1. The number of hydrogen-bond acceptors (Lipinski definition) is 5. The maximum Gasteiger partial charge on any atom is 0.354 e. The largest absolute Gasteiger partial charge is 0.477 e. The zero-order valence-electron chi connectivity index (χ0n) is 7.92. The van der Waals surface area contributed by atoms with Crippen LogP contribution in [0.25, 0.3) is 0 Å². The Bertz CT molecular complexity index is 363. The van der Waals surface area contributed by atoms with E-state index in [4.69, 9.17) is 14.6 Å². The minimum absolute atomic E-state index is 0.0704. The van der Waals surface area contributed by atoms with Crippen molar-refractivity contribution >= 4 is 5.97 Å². The second-order valence-corrected chi connectivity index (χ2v) is 3.13. The summed E-state index contributed by atoms with van der Waals surface area (Å²) in [5, 5.41) is 8.70. The van der Waals surface area contributed by atoms with Crippen molar-refractivity contribution in [1.29, 1.82) is 0 Å². The van der Waals surface area contributed by atoms with Gasteiger partial charge in [-0.3, -0.25) is 0 Å². The van der Waals surface area contributed by atoms with E-state index in [1.54, 1.807) is 0 Å². The van der Waals surface area contributed by atoms with Gasteiger partial charge in [-0.1, -0.05) is 0 Å². The van der Waals surface area contributed by atoms with Gasteiger partial charge in [-0.25, -0.2) is 9.78 Å². The van der Waals surface area contributed by atoms with Gasteiger partial charge in [-0.15, -0.1) is 0 Å². The van der Waals surface area contributed by atoms with Gasteiger partial charge in [0.15, 0.2) is 5.69 Å². The average molecular weight is 210 g/mol. The fourth-order valence-electron chi connectivity index (χ4n) is 1.27. The standard InChI is InChI=1S/C9H10N2O4/c12-8(13)7-1-3-10-9(11-7)15-6-2-4-14-5-6/h1,3,6H,2,4-5H2,(H,12,13)/t6-/m1/s1. The maximum absolute atomic E-state index is 10.6. The minimum Gasteiger partial charge on any atom is -0.477 e. The number of nitrogens with zero attached hydrogens (tertiary/aromatic N) is 2. The van der Waals surface area contributed by atoms with Crippen LogP contribution in [0.4, 0.5) is 0 Å². The van der Waals surface area contributed by atoms with Crippen LogP contribution in [0.15, 0.2) is 12.3 Å². The molecule has 6 nitrogen and oxygen atoms in total. The molecule has 15 heavy (non-hydrogen) atoms. The van der Waals surface area contributed by atoms with E-state index in [9.17, 15) is 4.79 Å². The molecule has 0 saturated carbocycles. The molecule has 0 spiro atoms. The van der Waals surface area contributed by atoms with E-state index in [1.807, 2.05) is 0 Å². The molecular weight excluding hydrogens is 200 g/mol. The van der Waals surface area contributed by atoms with Crippen LogP contribution in [0.2, 0.25) is 0 Å². The molecule has 0 aliphatic carbocycles. The summed E-state index contributed by atoms with van der Waals surface area (Å²) >= 11 is 0. The maximum atomic E-state index is 10.6. The van der Waals surface area contributed by atoms with E-state index in [-0.39, 0.29) is 17.8 Å². The van der Waals surface area contributed by atoms with Crippen LogP contribution in [0.3, 0.4) is 0 Å². The van der Waals surface area contributed by atoms with E-state index in [0.717, 1.165) is 6.42 Å². The topological polar surface area (TPSA) is 81.5 Å². The smallest absolute Gasteiger partial charge is 0.354 e. The Morgan fingerprint density at radius 2 is 2.53 bits per heavy atom. The van der Waals surface area contributed by atoms with Crippen LogP contribution in [-0.2, 0) is 4.74 Å². The first-order valence-electron chi connectivity index (χ1n) is 4.56. The zero-order chi connectivity index (χ0) is 10.7. The highest BCUT2D eigenvalue weighted by Gasteiger charge is 2.18. The Labute approximate surface area is 85.9 Å². The van der Waals surface area contributed by atoms with Gasteiger partial charge in [0, 0.05) is 12.6 Å². The summed E-state index contributed by atoms with van der Waals surface area (Å²) < 4.78 is 10.5. The molecule has 1 aromatic heterocycles. The molecule has 1 aromatic rings. The van der Waals surface area contributed by atoms with E-state index in [1.165, 1.54) is 12.3 Å². The molecule has 0 bridgehead atoms. The van der Waals surface area contributed by atoms with Crippen LogP contribution in [0.5, 0.6) is 6.01 Å². The second-order valence-electron chi connectivity index (χ2n) is 3.13. The third-order valence-corrected chi connectivity index (χ3v) is 2.01. The Kier molecular flexibility index (Phi) is 2.77. The summed E-state index contributed by atoms with van der Waals surface area (Å²) in [7, 11) is 0. The number of aromatic carboxylic acids is 1. The van der Waals surface area contributed by atoms with Crippen molar-refractivity contribution in [2.45, 2.75) is 12.5 Å². The molecule has 80 valence electrons. The first-order valence-corrected chi connectivity index (χ1v) is 4.56. The first kappa shape index (κ1) is 9.85. The first-order chi connectivity index (χ1) is 7.25. The van der Waals surface area contributed by atoms with E-state index >= 15 is 0 Å². The molecule has 0 unspecified atom stereocenters. The van der Waals surface area contributed by atoms with Gasteiger partial charge in [0.25, 0.3) is 0 Å². The Balaban J connectivity index is 2.07. The molecule has 2 heterocycles. The molecule has 1 aliphatic rings. The monoisotopic (exact) mass is 210 g/mol. The molecule has 1 N–H and O–H groups in total. The Morgan fingerprint density at radius 1 is 1.67 bits per heavy atom. The third-order valence-electron chi connectivity index (χ3n) is 2.01. The van der Waals surface area contributed by atoms with E-state index in [2.05, 4.69) is 9.97 Å². The van der Waals surface area contributed by atoms with Crippen molar-refractivity contribution in [3.05, 3.63) is 18.0 Å². The van der Waals surface area contributed by atoms with Crippen LogP contribution < -0.4 is 4.74 Å². The molecule has 6 heteroatoms. The highest BCUT2D eigenvalue weighted by Crippen LogP contribution is 2.12. The summed E-state index contributed by atoms with van der Waals surface area (Å²) in [6.07, 6.45) is 2.07. The number of carbonyl (C=O) groups is 1.